The van der Waals surface area contributed by atoms with Gasteiger partial charge in [-0.3, -0.25) is 0 Å². The first-order valence-corrected chi connectivity index (χ1v) is 15.6. The number of nitrogens with zero attached hydrogens (tertiary/aromatic N) is 2. The fourth-order valence-electron chi connectivity index (χ4n) is 7.02. The molecular weight excluding hydrogens is 556 g/mol. The summed E-state index contributed by atoms with van der Waals surface area (Å²) in [5, 5.41) is 9.86. The average Bonchev–Trinajstić information content (AvgIpc) is 3.13. The summed E-state index contributed by atoms with van der Waals surface area (Å²) in [6, 6.07) is 57.0. The lowest BCUT2D eigenvalue weighted by molar-refractivity contribution is 1.17. The highest BCUT2D eigenvalue weighted by atomic mass is 14.8. The Morgan fingerprint density at radius 2 is 0.870 bits per heavy atom. The Balaban J connectivity index is 1.39. The van der Waals surface area contributed by atoms with Crippen LogP contribution in [0.5, 0.6) is 0 Å². The van der Waals surface area contributed by atoms with Crippen molar-refractivity contribution in [2.24, 2.45) is 0 Å². The monoisotopic (exact) mass is 584 g/mol. The fourth-order valence-corrected chi connectivity index (χ4v) is 7.02. The van der Waals surface area contributed by atoms with Crippen LogP contribution in [-0.2, 0) is 0 Å². The van der Waals surface area contributed by atoms with Crippen molar-refractivity contribution in [2.45, 2.75) is 0 Å². The zero-order valence-electron chi connectivity index (χ0n) is 25.1. The summed E-state index contributed by atoms with van der Waals surface area (Å²) >= 11 is 0. The van der Waals surface area contributed by atoms with Gasteiger partial charge >= 0.3 is 0 Å². The van der Waals surface area contributed by atoms with Crippen LogP contribution in [0.1, 0.15) is 0 Å². The number of hydrogen-bond donors (Lipinski definition) is 0. The second-order valence-corrected chi connectivity index (χ2v) is 11.8. The third-order valence-electron chi connectivity index (χ3n) is 9.17. The maximum atomic E-state index is 4.75. The Hall–Kier alpha value is -6.12. The zero-order chi connectivity index (χ0) is 30.5. The molecule has 0 N–H and O–H groups in total. The van der Waals surface area contributed by atoms with Gasteiger partial charge in [-0.15, -0.1) is 0 Å². The first-order chi connectivity index (χ1) is 22.8. The first kappa shape index (κ1) is 26.3. The van der Waals surface area contributed by atoms with Gasteiger partial charge in [0.25, 0.3) is 0 Å². The molecule has 0 aliphatic heterocycles. The molecule has 0 atom stereocenters. The number of aromatic nitrogens is 2. The van der Waals surface area contributed by atoms with Crippen LogP contribution in [-0.4, -0.2) is 9.97 Å². The highest BCUT2D eigenvalue weighted by molar-refractivity contribution is 6.22. The maximum absolute atomic E-state index is 4.75. The summed E-state index contributed by atoms with van der Waals surface area (Å²) in [5.41, 5.74) is 9.01. The van der Waals surface area contributed by atoms with Crippen LogP contribution in [0, 0.1) is 0 Å². The van der Waals surface area contributed by atoms with E-state index in [0.717, 1.165) is 22.4 Å². The summed E-state index contributed by atoms with van der Waals surface area (Å²) in [4.78, 5) is 9.23. The smallest absolute Gasteiger partial charge is 0.116 e. The van der Waals surface area contributed by atoms with Gasteiger partial charge in [-0.25, -0.2) is 9.97 Å². The van der Waals surface area contributed by atoms with Crippen molar-refractivity contribution in [2.75, 3.05) is 0 Å². The summed E-state index contributed by atoms with van der Waals surface area (Å²) in [5.74, 6) is 0. The van der Waals surface area contributed by atoms with Crippen LogP contribution in [0.15, 0.2) is 170 Å². The lowest BCUT2D eigenvalue weighted by Gasteiger charge is -2.19. The SMILES string of the molecule is c1ccc(-c2ncncc2-c2ccc3c(-c4ccc5ccccc5c4)c4ccccc4c(-c4ccc5ccccc5c4)c3c2)cc1. The van der Waals surface area contributed by atoms with E-state index in [4.69, 9.17) is 4.98 Å². The molecular formula is C44H28N2. The van der Waals surface area contributed by atoms with Crippen molar-refractivity contribution in [3.05, 3.63) is 170 Å². The zero-order valence-corrected chi connectivity index (χ0v) is 25.1. The van der Waals surface area contributed by atoms with Gasteiger partial charge in [-0.2, -0.15) is 0 Å². The molecule has 0 saturated carbocycles. The van der Waals surface area contributed by atoms with E-state index in [-0.39, 0.29) is 0 Å². The Labute approximate surface area is 267 Å². The highest BCUT2D eigenvalue weighted by Gasteiger charge is 2.19. The summed E-state index contributed by atoms with van der Waals surface area (Å²) in [6.45, 7) is 0. The highest BCUT2D eigenvalue weighted by Crippen LogP contribution is 2.46. The van der Waals surface area contributed by atoms with E-state index in [1.54, 1.807) is 6.33 Å². The normalized spacial score (nSPS) is 11.5. The lowest BCUT2D eigenvalue weighted by Crippen LogP contribution is -1.94. The predicted molar refractivity (Wildman–Crippen MR) is 194 cm³/mol. The van der Waals surface area contributed by atoms with Crippen LogP contribution in [0.3, 0.4) is 0 Å². The van der Waals surface area contributed by atoms with E-state index in [2.05, 4.69) is 157 Å². The third-order valence-corrected chi connectivity index (χ3v) is 9.17. The molecule has 0 aliphatic rings. The lowest BCUT2D eigenvalue weighted by atomic mass is 9.84. The minimum absolute atomic E-state index is 0.928. The van der Waals surface area contributed by atoms with Crippen molar-refractivity contribution in [1.29, 1.82) is 0 Å². The Morgan fingerprint density at radius 1 is 0.348 bits per heavy atom. The van der Waals surface area contributed by atoms with Crippen LogP contribution < -0.4 is 0 Å². The topological polar surface area (TPSA) is 25.8 Å². The van der Waals surface area contributed by atoms with Crippen molar-refractivity contribution in [3.8, 4) is 44.6 Å². The van der Waals surface area contributed by atoms with Crippen molar-refractivity contribution >= 4 is 43.1 Å². The van der Waals surface area contributed by atoms with Gasteiger partial charge in [0.1, 0.15) is 6.33 Å². The van der Waals surface area contributed by atoms with Gasteiger partial charge in [0.2, 0.25) is 0 Å². The second kappa shape index (κ2) is 10.8. The molecule has 0 unspecified atom stereocenters. The molecule has 0 radical (unpaired) electrons. The van der Waals surface area contributed by atoms with Crippen molar-refractivity contribution in [3.63, 3.8) is 0 Å². The van der Waals surface area contributed by atoms with Crippen LogP contribution in [0.2, 0.25) is 0 Å². The van der Waals surface area contributed by atoms with Gasteiger partial charge < -0.3 is 0 Å². The Morgan fingerprint density at radius 3 is 1.52 bits per heavy atom. The van der Waals surface area contributed by atoms with Crippen molar-refractivity contribution < 1.29 is 0 Å². The van der Waals surface area contributed by atoms with Crippen LogP contribution in [0.4, 0.5) is 0 Å². The molecule has 2 heteroatoms. The van der Waals surface area contributed by atoms with Crippen LogP contribution >= 0.6 is 0 Å². The quantitative estimate of drug-likeness (QED) is 0.192. The predicted octanol–water partition coefficient (Wildman–Crippen LogP) is 11.8. The van der Waals surface area contributed by atoms with Gasteiger partial charge in [-0.05, 0) is 89.1 Å². The summed E-state index contributed by atoms with van der Waals surface area (Å²) < 4.78 is 0. The minimum Gasteiger partial charge on any atom is -0.244 e. The van der Waals surface area contributed by atoms with E-state index in [1.807, 2.05) is 12.3 Å². The molecule has 0 amide bonds. The van der Waals surface area contributed by atoms with E-state index in [1.165, 1.54) is 65.3 Å². The number of hydrogen-bond acceptors (Lipinski definition) is 2. The molecule has 0 bridgehead atoms. The first-order valence-electron chi connectivity index (χ1n) is 15.6. The fraction of sp³-hybridized carbons (Fsp3) is 0. The number of fused-ring (bicyclic) bond motifs is 4. The maximum Gasteiger partial charge on any atom is 0.116 e. The molecule has 1 heterocycles. The van der Waals surface area contributed by atoms with E-state index in [9.17, 15) is 0 Å². The molecule has 0 saturated heterocycles. The minimum atomic E-state index is 0.928. The van der Waals surface area contributed by atoms with E-state index in [0.29, 0.717) is 0 Å². The van der Waals surface area contributed by atoms with Gasteiger partial charge in [0.15, 0.2) is 0 Å². The molecule has 0 fully saturated rings. The van der Waals surface area contributed by atoms with Crippen LogP contribution in [0.25, 0.3) is 87.7 Å². The molecule has 214 valence electrons. The molecule has 46 heavy (non-hydrogen) atoms. The molecule has 0 aliphatic carbocycles. The molecule has 0 spiro atoms. The van der Waals surface area contributed by atoms with Gasteiger partial charge in [0.05, 0.1) is 5.69 Å². The van der Waals surface area contributed by atoms with Gasteiger partial charge in [-0.1, -0.05) is 140 Å². The number of rotatable bonds is 4. The van der Waals surface area contributed by atoms with E-state index >= 15 is 0 Å². The standard InChI is InChI=1S/C44H28N2/c1-2-12-31(13-3-1)44-41(27-45-28-46-44)34-22-23-39-40(26-34)43(36-21-19-30-11-5-7-15-33(30)25-36)38-17-9-8-16-37(38)42(39)35-20-18-29-10-4-6-14-32(29)24-35/h1-28H. The summed E-state index contributed by atoms with van der Waals surface area (Å²) in [7, 11) is 0. The molecule has 9 aromatic rings. The third kappa shape index (κ3) is 4.35. The second-order valence-electron chi connectivity index (χ2n) is 11.8. The Bertz CT molecular complexity index is 2580. The van der Waals surface area contributed by atoms with Gasteiger partial charge in [0, 0.05) is 17.3 Å². The largest absolute Gasteiger partial charge is 0.244 e. The number of benzene rings is 8. The summed E-state index contributed by atoms with van der Waals surface area (Å²) in [6.07, 6.45) is 3.58. The molecule has 8 aromatic carbocycles. The van der Waals surface area contributed by atoms with E-state index < -0.39 is 0 Å². The molecule has 9 rings (SSSR count). The molecule has 2 nitrogen and oxygen atoms in total. The molecule has 1 aromatic heterocycles. The Kier molecular flexibility index (Phi) is 6.17. The average molecular weight is 585 g/mol. The van der Waals surface area contributed by atoms with Crippen molar-refractivity contribution in [1.82, 2.24) is 9.97 Å².